The molecule has 0 aliphatic heterocycles. The van der Waals surface area contributed by atoms with Crippen molar-refractivity contribution in [3.05, 3.63) is 46.6 Å². The normalized spacial score (nSPS) is 12.9. The highest BCUT2D eigenvalue weighted by molar-refractivity contribution is 5.30. The summed E-state index contributed by atoms with van der Waals surface area (Å²) in [6.07, 6.45) is 0.677. The SMILES string of the molecule is Cc1cc(C)cc(Cc2noc([C@@H](N)C(C)C)n2)c1. The van der Waals surface area contributed by atoms with Crippen molar-refractivity contribution in [2.24, 2.45) is 11.7 Å². The first-order valence-corrected chi connectivity index (χ1v) is 6.61. The maximum atomic E-state index is 6.00. The highest BCUT2D eigenvalue weighted by Gasteiger charge is 2.18. The van der Waals surface area contributed by atoms with Crippen molar-refractivity contribution in [1.29, 1.82) is 0 Å². The van der Waals surface area contributed by atoms with Gasteiger partial charge in [-0.2, -0.15) is 4.98 Å². The van der Waals surface area contributed by atoms with Crippen molar-refractivity contribution in [2.45, 2.75) is 40.2 Å². The van der Waals surface area contributed by atoms with Gasteiger partial charge in [0.05, 0.1) is 6.04 Å². The van der Waals surface area contributed by atoms with E-state index in [4.69, 9.17) is 10.3 Å². The van der Waals surface area contributed by atoms with E-state index in [1.807, 2.05) is 13.8 Å². The van der Waals surface area contributed by atoms with Gasteiger partial charge in [-0.15, -0.1) is 0 Å². The molecule has 0 radical (unpaired) electrons. The van der Waals surface area contributed by atoms with E-state index in [1.54, 1.807) is 0 Å². The van der Waals surface area contributed by atoms with Crippen molar-refractivity contribution < 1.29 is 4.52 Å². The molecular weight excluding hydrogens is 238 g/mol. The molecule has 4 nitrogen and oxygen atoms in total. The fourth-order valence-corrected chi connectivity index (χ4v) is 2.11. The van der Waals surface area contributed by atoms with Gasteiger partial charge in [-0.05, 0) is 25.3 Å². The van der Waals surface area contributed by atoms with Gasteiger partial charge in [-0.1, -0.05) is 48.3 Å². The largest absolute Gasteiger partial charge is 0.338 e. The lowest BCUT2D eigenvalue weighted by atomic mass is 10.0. The second-order valence-electron chi connectivity index (χ2n) is 5.49. The van der Waals surface area contributed by atoms with E-state index in [-0.39, 0.29) is 12.0 Å². The average molecular weight is 259 g/mol. The molecule has 2 N–H and O–H groups in total. The first-order valence-electron chi connectivity index (χ1n) is 6.61. The van der Waals surface area contributed by atoms with Crippen LogP contribution in [0.15, 0.2) is 22.7 Å². The first-order chi connectivity index (χ1) is 8.95. The lowest BCUT2D eigenvalue weighted by Crippen LogP contribution is -2.17. The molecule has 1 aromatic heterocycles. The summed E-state index contributed by atoms with van der Waals surface area (Å²) in [5.41, 5.74) is 9.69. The minimum atomic E-state index is -0.194. The summed E-state index contributed by atoms with van der Waals surface area (Å²) >= 11 is 0. The minimum absolute atomic E-state index is 0.194. The van der Waals surface area contributed by atoms with Crippen molar-refractivity contribution in [3.8, 4) is 0 Å². The lowest BCUT2D eigenvalue weighted by Gasteiger charge is -2.09. The topological polar surface area (TPSA) is 64.9 Å². The molecule has 102 valence electrons. The Morgan fingerprint density at radius 1 is 1.16 bits per heavy atom. The van der Waals surface area contributed by atoms with E-state index in [0.29, 0.717) is 18.1 Å². The molecule has 4 heteroatoms. The highest BCUT2D eigenvalue weighted by Crippen LogP contribution is 2.18. The molecule has 2 aromatic rings. The molecule has 0 saturated heterocycles. The van der Waals surface area contributed by atoms with Gasteiger partial charge in [0.2, 0.25) is 5.89 Å². The van der Waals surface area contributed by atoms with Crippen LogP contribution in [0.5, 0.6) is 0 Å². The summed E-state index contributed by atoms with van der Waals surface area (Å²) in [6.45, 7) is 8.26. The Bertz CT molecular complexity index is 540. The van der Waals surface area contributed by atoms with Gasteiger partial charge in [0.1, 0.15) is 0 Å². The standard InChI is InChI=1S/C15H21N3O/c1-9(2)14(16)15-17-13(18-19-15)8-12-6-10(3)5-11(4)7-12/h5-7,9,14H,8,16H2,1-4H3/t14-/m0/s1. The van der Waals surface area contributed by atoms with Crippen molar-refractivity contribution in [1.82, 2.24) is 10.1 Å². The zero-order valence-electron chi connectivity index (χ0n) is 12.0. The molecule has 0 bridgehead atoms. The van der Waals surface area contributed by atoms with Crippen LogP contribution in [0.1, 0.15) is 48.3 Å². The quantitative estimate of drug-likeness (QED) is 0.916. The van der Waals surface area contributed by atoms with E-state index in [1.165, 1.54) is 16.7 Å². The fourth-order valence-electron chi connectivity index (χ4n) is 2.11. The van der Waals surface area contributed by atoms with Crippen molar-refractivity contribution in [3.63, 3.8) is 0 Å². The van der Waals surface area contributed by atoms with Gasteiger partial charge in [0, 0.05) is 6.42 Å². The van der Waals surface area contributed by atoms with Gasteiger partial charge >= 0.3 is 0 Å². The van der Waals surface area contributed by atoms with Crippen LogP contribution in [0.3, 0.4) is 0 Å². The Balaban J connectivity index is 2.15. The monoisotopic (exact) mass is 259 g/mol. The molecule has 0 aliphatic rings. The summed E-state index contributed by atoms with van der Waals surface area (Å²) in [7, 11) is 0. The third-order valence-corrected chi connectivity index (χ3v) is 3.13. The van der Waals surface area contributed by atoms with Crippen LogP contribution in [0.2, 0.25) is 0 Å². The molecule has 2 rings (SSSR count). The number of benzene rings is 1. The predicted octanol–water partition coefficient (Wildman–Crippen LogP) is 2.93. The van der Waals surface area contributed by atoms with Crippen LogP contribution in [0.4, 0.5) is 0 Å². The van der Waals surface area contributed by atoms with Gasteiger partial charge in [-0.3, -0.25) is 0 Å². The minimum Gasteiger partial charge on any atom is -0.338 e. The van der Waals surface area contributed by atoms with Gasteiger partial charge in [0.25, 0.3) is 0 Å². The summed E-state index contributed by atoms with van der Waals surface area (Å²) in [5.74, 6) is 1.50. The Morgan fingerprint density at radius 2 is 1.79 bits per heavy atom. The zero-order chi connectivity index (χ0) is 14.0. The second-order valence-corrected chi connectivity index (χ2v) is 5.49. The molecule has 0 saturated carbocycles. The third-order valence-electron chi connectivity index (χ3n) is 3.13. The van der Waals surface area contributed by atoms with Gasteiger partial charge in [-0.25, -0.2) is 0 Å². The molecule has 0 aliphatic carbocycles. The summed E-state index contributed by atoms with van der Waals surface area (Å²) in [6, 6.07) is 6.25. The molecule has 0 amide bonds. The predicted molar refractivity (Wildman–Crippen MR) is 74.8 cm³/mol. The summed E-state index contributed by atoms with van der Waals surface area (Å²) in [4.78, 5) is 4.38. The van der Waals surface area contributed by atoms with Crippen LogP contribution >= 0.6 is 0 Å². The maximum Gasteiger partial charge on any atom is 0.243 e. The van der Waals surface area contributed by atoms with E-state index < -0.39 is 0 Å². The molecule has 1 atom stereocenters. The number of nitrogens with zero attached hydrogens (tertiary/aromatic N) is 2. The number of rotatable bonds is 4. The van der Waals surface area contributed by atoms with Crippen LogP contribution < -0.4 is 5.73 Å². The fraction of sp³-hybridized carbons (Fsp3) is 0.467. The van der Waals surface area contributed by atoms with Gasteiger partial charge < -0.3 is 10.3 Å². The number of aryl methyl sites for hydroxylation is 2. The third kappa shape index (κ3) is 3.41. The van der Waals surface area contributed by atoms with Crippen LogP contribution in [-0.4, -0.2) is 10.1 Å². The molecule has 19 heavy (non-hydrogen) atoms. The van der Waals surface area contributed by atoms with E-state index in [9.17, 15) is 0 Å². The van der Waals surface area contributed by atoms with Crippen LogP contribution in [0.25, 0.3) is 0 Å². The van der Waals surface area contributed by atoms with Gasteiger partial charge in [0.15, 0.2) is 5.82 Å². The molecule has 0 fully saturated rings. The Labute approximate surface area is 114 Å². The van der Waals surface area contributed by atoms with Crippen molar-refractivity contribution in [2.75, 3.05) is 0 Å². The number of nitrogens with two attached hydrogens (primary N) is 1. The second kappa shape index (κ2) is 5.53. The lowest BCUT2D eigenvalue weighted by molar-refractivity contribution is 0.322. The Hall–Kier alpha value is -1.68. The number of hydrogen-bond donors (Lipinski definition) is 1. The Kier molecular flexibility index (Phi) is 4.00. The Morgan fingerprint density at radius 3 is 2.37 bits per heavy atom. The molecule has 0 spiro atoms. The number of hydrogen-bond acceptors (Lipinski definition) is 4. The molecule has 0 unspecified atom stereocenters. The zero-order valence-corrected chi connectivity index (χ0v) is 12.0. The molecule has 1 aromatic carbocycles. The van der Waals surface area contributed by atoms with E-state index in [0.717, 1.165) is 0 Å². The van der Waals surface area contributed by atoms with E-state index >= 15 is 0 Å². The molecular formula is C15H21N3O. The number of aromatic nitrogens is 2. The average Bonchev–Trinajstić information content (AvgIpc) is 2.74. The van der Waals surface area contributed by atoms with Crippen LogP contribution in [0, 0.1) is 19.8 Å². The first kappa shape index (κ1) is 13.7. The summed E-state index contributed by atoms with van der Waals surface area (Å²) in [5, 5.41) is 4.01. The van der Waals surface area contributed by atoms with Crippen molar-refractivity contribution >= 4 is 0 Å². The molecule has 1 heterocycles. The highest BCUT2D eigenvalue weighted by atomic mass is 16.5. The van der Waals surface area contributed by atoms with E-state index in [2.05, 4.69) is 42.2 Å². The summed E-state index contributed by atoms with van der Waals surface area (Å²) < 4.78 is 5.23. The smallest absolute Gasteiger partial charge is 0.243 e. The maximum absolute atomic E-state index is 6.00. The van der Waals surface area contributed by atoms with Crippen LogP contribution in [-0.2, 0) is 6.42 Å².